The van der Waals surface area contributed by atoms with Crippen molar-refractivity contribution in [1.82, 2.24) is 19.9 Å². The lowest BCUT2D eigenvalue weighted by Gasteiger charge is -2.16. The minimum Gasteiger partial charge on any atom is -0.457 e. The number of aryl methyl sites for hydroxylation is 1. The summed E-state index contributed by atoms with van der Waals surface area (Å²) in [6.07, 6.45) is -0.368. The van der Waals surface area contributed by atoms with Gasteiger partial charge in [0.15, 0.2) is 0 Å². The summed E-state index contributed by atoms with van der Waals surface area (Å²) in [7, 11) is 1.49. The average Bonchev–Trinajstić information content (AvgIpc) is 3.30. The summed E-state index contributed by atoms with van der Waals surface area (Å²) in [5, 5.41) is 7.45. The van der Waals surface area contributed by atoms with Gasteiger partial charge in [-0.3, -0.25) is 9.78 Å². The molecule has 0 aliphatic heterocycles. The van der Waals surface area contributed by atoms with Crippen molar-refractivity contribution >= 4 is 23.3 Å². The zero-order chi connectivity index (χ0) is 26.6. The number of anilines is 2. The van der Waals surface area contributed by atoms with Gasteiger partial charge in [0.05, 0.1) is 11.3 Å². The van der Waals surface area contributed by atoms with E-state index in [0.717, 1.165) is 6.07 Å². The molecule has 0 saturated carbocycles. The molecule has 2 aromatic heterocycles. The molecule has 0 fully saturated rings. The normalized spacial score (nSPS) is 11.1. The first kappa shape index (κ1) is 25.2. The molecule has 2 aromatic carbocycles. The number of carbonyl (C=O) groups excluding carboxylic acids is 2. The zero-order valence-corrected chi connectivity index (χ0v) is 19.6. The number of aromatic nitrogens is 3. The number of alkyl halides is 3. The summed E-state index contributed by atoms with van der Waals surface area (Å²) in [5.41, 5.74) is -0.468. The predicted molar refractivity (Wildman–Crippen MR) is 130 cm³/mol. The minimum atomic E-state index is -4.65. The summed E-state index contributed by atoms with van der Waals surface area (Å²) in [5.74, 6) is 0.860. The zero-order valence-electron chi connectivity index (χ0n) is 19.6. The maximum atomic E-state index is 13.7. The van der Waals surface area contributed by atoms with Gasteiger partial charge in [-0.05, 0) is 55.5 Å². The lowest BCUT2D eigenvalue weighted by molar-refractivity contribution is -0.137. The average molecular weight is 510 g/mol. The Hall–Kier alpha value is -4.87. The van der Waals surface area contributed by atoms with E-state index in [0.29, 0.717) is 23.0 Å². The summed E-state index contributed by atoms with van der Waals surface area (Å²) < 4.78 is 48.2. The number of urea groups is 1. The summed E-state index contributed by atoms with van der Waals surface area (Å²) >= 11 is 0. The van der Waals surface area contributed by atoms with Crippen LogP contribution in [-0.4, -0.2) is 33.5 Å². The van der Waals surface area contributed by atoms with Crippen LogP contribution in [0.3, 0.4) is 0 Å². The Kier molecular flexibility index (Phi) is 7.09. The molecule has 190 valence electrons. The fourth-order valence-electron chi connectivity index (χ4n) is 3.45. The van der Waals surface area contributed by atoms with Crippen LogP contribution in [0.2, 0.25) is 0 Å². The highest BCUT2D eigenvalue weighted by Crippen LogP contribution is 2.36. The van der Waals surface area contributed by atoms with Crippen molar-refractivity contribution in [2.75, 3.05) is 17.7 Å². The highest BCUT2D eigenvalue weighted by molar-refractivity contribution is 6.00. The Morgan fingerprint density at radius 1 is 0.892 bits per heavy atom. The summed E-state index contributed by atoms with van der Waals surface area (Å²) in [4.78, 5) is 32.1. The molecule has 0 radical (unpaired) electrons. The topological polar surface area (TPSA) is 110 Å². The molecule has 3 amide bonds. The molecular formula is C25H21F3N6O3. The number of halogens is 3. The van der Waals surface area contributed by atoms with Crippen LogP contribution in [0.5, 0.6) is 11.5 Å². The maximum Gasteiger partial charge on any atom is 0.418 e. The third-order valence-corrected chi connectivity index (χ3v) is 5.18. The molecule has 0 aliphatic rings. The van der Waals surface area contributed by atoms with Crippen LogP contribution >= 0.6 is 0 Å². The molecule has 37 heavy (non-hydrogen) atoms. The Balaban J connectivity index is 1.43. The second kappa shape index (κ2) is 10.4. The first-order valence-corrected chi connectivity index (χ1v) is 10.9. The van der Waals surface area contributed by atoms with E-state index < -0.39 is 17.8 Å². The predicted octanol–water partition coefficient (Wildman–Crippen LogP) is 5.39. The Bertz CT molecular complexity index is 1430. The number of benzene rings is 2. The number of hydrogen-bond donors (Lipinski definition) is 3. The summed E-state index contributed by atoms with van der Waals surface area (Å²) in [6, 6.07) is 12.1. The Labute approximate surface area is 209 Å². The third kappa shape index (κ3) is 6.04. The molecule has 0 atom stereocenters. The Morgan fingerprint density at radius 3 is 2.24 bits per heavy atom. The van der Waals surface area contributed by atoms with Gasteiger partial charge in [0.1, 0.15) is 23.0 Å². The number of carbonyl (C=O) groups is 2. The minimum absolute atomic E-state index is 0.0316. The molecule has 4 aromatic rings. The van der Waals surface area contributed by atoms with Crippen molar-refractivity contribution in [3.8, 4) is 17.2 Å². The van der Waals surface area contributed by atoms with Crippen LogP contribution in [0, 0.1) is 6.92 Å². The van der Waals surface area contributed by atoms with E-state index in [1.165, 1.54) is 48.4 Å². The van der Waals surface area contributed by atoms with Crippen molar-refractivity contribution in [1.29, 1.82) is 0 Å². The molecule has 0 aliphatic carbocycles. The van der Waals surface area contributed by atoms with Gasteiger partial charge in [-0.2, -0.15) is 13.2 Å². The van der Waals surface area contributed by atoms with E-state index in [9.17, 15) is 22.8 Å². The van der Waals surface area contributed by atoms with Crippen LogP contribution in [-0.2, 0) is 6.18 Å². The lowest BCUT2D eigenvalue weighted by Crippen LogP contribution is -2.20. The number of pyridine rings is 1. The molecular weight excluding hydrogens is 489 g/mol. The molecule has 2 heterocycles. The molecule has 12 heteroatoms. The van der Waals surface area contributed by atoms with Crippen molar-refractivity contribution in [3.63, 3.8) is 0 Å². The summed E-state index contributed by atoms with van der Waals surface area (Å²) in [6.45, 7) is 1.59. The largest absolute Gasteiger partial charge is 0.457 e. The molecule has 0 spiro atoms. The number of nitrogens with one attached hydrogen (secondary N) is 3. The second-order valence-electron chi connectivity index (χ2n) is 7.74. The van der Waals surface area contributed by atoms with Gasteiger partial charge in [-0.25, -0.2) is 9.78 Å². The van der Waals surface area contributed by atoms with Crippen molar-refractivity contribution in [2.24, 2.45) is 0 Å². The fourth-order valence-corrected chi connectivity index (χ4v) is 3.45. The van der Waals surface area contributed by atoms with Gasteiger partial charge in [-0.15, -0.1) is 0 Å². The van der Waals surface area contributed by atoms with Gasteiger partial charge in [0, 0.05) is 43.1 Å². The van der Waals surface area contributed by atoms with Gasteiger partial charge in [-0.1, -0.05) is 0 Å². The Morgan fingerprint density at radius 2 is 1.59 bits per heavy atom. The lowest BCUT2D eigenvalue weighted by atomic mass is 10.1. The highest BCUT2D eigenvalue weighted by Gasteiger charge is 2.34. The first-order chi connectivity index (χ1) is 17.6. The standard InChI is InChI=1S/C25H21F3N6O3/c1-15-30-11-12-34(15)22-8-5-17(13-20(22)25(26,27)28)33-24(36)32-16-3-6-18(7-4-16)37-19-9-10-31-21(14-19)23(35)29-2/h3-14H,1-2H3,(H,29,35)(H2,32,33,36). The number of nitrogens with zero attached hydrogens (tertiary/aromatic N) is 3. The SMILES string of the molecule is CNC(=O)c1cc(Oc2ccc(NC(=O)Nc3ccc(-n4ccnc4C)c(C(F)(F)F)c3)cc2)ccn1. The number of ether oxygens (including phenoxy) is 1. The number of amides is 3. The van der Waals surface area contributed by atoms with Crippen LogP contribution in [0.4, 0.5) is 29.3 Å². The monoisotopic (exact) mass is 510 g/mol. The third-order valence-electron chi connectivity index (χ3n) is 5.18. The van der Waals surface area contributed by atoms with Gasteiger partial charge >= 0.3 is 12.2 Å². The molecule has 0 saturated heterocycles. The van der Waals surface area contributed by atoms with Gasteiger partial charge in [0.2, 0.25) is 0 Å². The van der Waals surface area contributed by atoms with E-state index in [1.807, 2.05) is 0 Å². The van der Waals surface area contributed by atoms with E-state index in [-0.39, 0.29) is 23.0 Å². The van der Waals surface area contributed by atoms with E-state index >= 15 is 0 Å². The highest BCUT2D eigenvalue weighted by atomic mass is 19.4. The van der Waals surface area contributed by atoms with Crippen LogP contribution in [0.25, 0.3) is 5.69 Å². The quantitative estimate of drug-likeness (QED) is 0.322. The molecule has 9 nitrogen and oxygen atoms in total. The smallest absolute Gasteiger partial charge is 0.418 e. The van der Waals surface area contributed by atoms with E-state index in [1.54, 1.807) is 37.3 Å². The number of hydrogen-bond acceptors (Lipinski definition) is 5. The van der Waals surface area contributed by atoms with Crippen molar-refractivity contribution in [3.05, 3.63) is 90.3 Å². The van der Waals surface area contributed by atoms with Crippen LogP contribution in [0.1, 0.15) is 21.9 Å². The maximum absolute atomic E-state index is 13.7. The van der Waals surface area contributed by atoms with Crippen molar-refractivity contribution < 1.29 is 27.5 Å². The molecule has 3 N–H and O–H groups in total. The van der Waals surface area contributed by atoms with E-state index in [4.69, 9.17) is 4.74 Å². The first-order valence-electron chi connectivity index (χ1n) is 10.9. The van der Waals surface area contributed by atoms with E-state index in [2.05, 4.69) is 25.9 Å². The van der Waals surface area contributed by atoms with Crippen molar-refractivity contribution in [2.45, 2.75) is 13.1 Å². The second-order valence-corrected chi connectivity index (χ2v) is 7.74. The van der Waals surface area contributed by atoms with Gasteiger partial charge in [0.25, 0.3) is 5.91 Å². The van der Waals surface area contributed by atoms with Gasteiger partial charge < -0.3 is 25.3 Å². The van der Waals surface area contributed by atoms with Crippen LogP contribution < -0.4 is 20.7 Å². The molecule has 0 unspecified atom stereocenters. The number of imidazole rings is 1. The fraction of sp³-hybridized carbons (Fsp3) is 0.120. The van der Waals surface area contributed by atoms with Crippen LogP contribution in [0.15, 0.2) is 73.2 Å². The molecule has 0 bridgehead atoms. The number of rotatable bonds is 6. The molecule has 4 rings (SSSR count).